The Labute approximate surface area is 73.4 Å². The van der Waals surface area contributed by atoms with Gasteiger partial charge in [-0.05, 0) is 19.5 Å². The molecule has 1 aliphatic heterocycles. The second-order valence-corrected chi connectivity index (χ2v) is 3.26. The lowest BCUT2D eigenvalue weighted by molar-refractivity contribution is 0.0354. The van der Waals surface area contributed by atoms with Crippen molar-refractivity contribution in [3.8, 4) is 0 Å². The normalized spacial score (nSPS) is 21.4. The van der Waals surface area contributed by atoms with Crippen LogP contribution in [0.4, 0.5) is 0 Å². The molecule has 2 N–H and O–H groups in total. The summed E-state index contributed by atoms with van der Waals surface area (Å²) in [6, 6.07) is 0. The molecule has 0 fully saturated rings. The molecule has 0 saturated heterocycles. The molecule has 1 rings (SSSR count). The Morgan fingerprint density at radius 2 is 2.50 bits per heavy atom. The van der Waals surface area contributed by atoms with Gasteiger partial charge in [0.25, 0.3) is 0 Å². The van der Waals surface area contributed by atoms with Gasteiger partial charge in [0.2, 0.25) is 0 Å². The van der Waals surface area contributed by atoms with Crippen molar-refractivity contribution in [1.82, 2.24) is 5.32 Å². The molecule has 70 valence electrons. The van der Waals surface area contributed by atoms with Crippen LogP contribution in [-0.2, 0) is 4.74 Å². The Kier molecular flexibility index (Phi) is 3.12. The van der Waals surface area contributed by atoms with Gasteiger partial charge in [-0.2, -0.15) is 0 Å². The first kappa shape index (κ1) is 9.55. The fraction of sp³-hybridized carbons (Fsp3) is 0.778. The predicted octanol–water partition coefficient (Wildman–Crippen LogP) is 0.651. The van der Waals surface area contributed by atoms with Crippen LogP contribution in [-0.4, -0.2) is 30.4 Å². The summed E-state index contributed by atoms with van der Waals surface area (Å²) in [5.41, 5.74) is -0.841. The average molecular weight is 171 g/mol. The second-order valence-electron chi connectivity index (χ2n) is 3.26. The number of nitrogens with one attached hydrogen (secondary N) is 1. The number of ether oxygens (including phenoxy) is 1. The number of hydrogen-bond donors (Lipinski definition) is 2. The second kappa shape index (κ2) is 3.92. The van der Waals surface area contributed by atoms with Crippen molar-refractivity contribution in [3.63, 3.8) is 0 Å². The van der Waals surface area contributed by atoms with Gasteiger partial charge >= 0.3 is 0 Å². The van der Waals surface area contributed by atoms with Gasteiger partial charge in [-0.15, -0.1) is 0 Å². The minimum Gasteiger partial charge on any atom is -0.495 e. The Balaban J connectivity index is 2.45. The molecular formula is C9H17NO2. The highest BCUT2D eigenvalue weighted by atomic mass is 16.5. The predicted molar refractivity (Wildman–Crippen MR) is 47.8 cm³/mol. The largest absolute Gasteiger partial charge is 0.495 e. The highest BCUT2D eigenvalue weighted by molar-refractivity contribution is 5.12. The van der Waals surface area contributed by atoms with Crippen molar-refractivity contribution in [3.05, 3.63) is 11.8 Å². The molecule has 0 amide bonds. The maximum atomic E-state index is 9.89. The molecule has 12 heavy (non-hydrogen) atoms. The standard InChI is InChI=1S/C9H17NO2/c1-3-10-7-9(2,11)8-5-4-6-12-8/h5,10-11H,3-4,6-7H2,1-2H3. The van der Waals surface area contributed by atoms with Crippen LogP contribution in [0.3, 0.4) is 0 Å². The Morgan fingerprint density at radius 3 is 3.00 bits per heavy atom. The monoisotopic (exact) mass is 171 g/mol. The molecule has 0 aromatic rings. The van der Waals surface area contributed by atoms with Crippen LogP contribution in [0.2, 0.25) is 0 Å². The van der Waals surface area contributed by atoms with Gasteiger partial charge in [0.1, 0.15) is 11.4 Å². The Bertz CT molecular complexity index is 175. The summed E-state index contributed by atoms with van der Waals surface area (Å²) in [6.07, 6.45) is 2.87. The van der Waals surface area contributed by atoms with E-state index < -0.39 is 5.60 Å². The third-order valence-corrected chi connectivity index (χ3v) is 1.96. The summed E-state index contributed by atoms with van der Waals surface area (Å²) in [7, 11) is 0. The van der Waals surface area contributed by atoms with Crippen LogP contribution in [0.1, 0.15) is 20.3 Å². The van der Waals surface area contributed by atoms with Crippen molar-refractivity contribution in [2.45, 2.75) is 25.9 Å². The molecule has 0 aliphatic carbocycles. The molecule has 0 bridgehead atoms. The molecular weight excluding hydrogens is 154 g/mol. The van der Waals surface area contributed by atoms with Gasteiger partial charge in [-0.1, -0.05) is 6.92 Å². The number of aliphatic hydroxyl groups is 1. The maximum absolute atomic E-state index is 9.89. The van der Waals surface area contributed by atoms with Gasteiger partial charge in [0.05, 0.1) is 6.61 Å². The lowest BCUT2D eigenvalue weighted by Gasteiger charge is -2.24. The van der Waals surface area contributed by atoms with E-state index in [2.05, 4.69) is 5.32 Å². The van der Waals surface area contributed by atoms with Crippen molar-refractivity contribution in [1.29, 1.82) is 0 Å². The molecule has 0 radical (unpaired) electrons. The first-order valence-corrected chi connectivity index (χ1v) is 4.43. The smallest absolute Gasteiger partial charge is 0.131 e. The lowest BCUT2D eigenvalue weighted by atomic mass is 10.0. The molecule has 1 unspecified atom stereocenters. The first-order valence-electron chi connectivity index (χ1n) is 4.43. The quantitative estimate of drug-likeness (QED) is 0.652. The highest BCUT2D eigenvalue weighted by Gasteiger charge is 2.28. The van der Waals surface area contributed by atoms with E-state index in [0.717, 1.165) is 13.0 Å². The Morgan fingerprint density at radius 1 is 1.75 bits per heavy atom. The molecule has 1 atom stereocenters. The van der Waals surface area contributed by atoms with E-state index in [1.807, 2.05) is 13.0 Å². The van der Waals surface area contributed by atoms with Gasteiger partial charge in [0, 0.05) is 13.0 Å². The number of rotatable bonds is 4. The van der Waals surface area contributed by atoms with E-state index in [4.69, 9.17) is 4.74 Å². The van der Waals surface area contributed by atoms with E-state index in [1.165, 1.54) is 0 Å². The molecule has 0 aromatic carbocycles. The summed E-state index contributed by atoms with van der Waals surface area (Å²) in [4.78, 5) is 0. The van der Waals surface area contributed by atoms with Crippen LogP contribution in [0, 0.1) is 0 Å². The molecule has 1 aliphatic rings. The van der Waals surface area contributed by atoms with Crippen molar-refractivity contribution in [2.75, 3.05) is 19.7 Å². The van der Waals surface area contributed by atoms with Gasteiger partial charge < -0.3 is 15.2 Å². The zero-order chi connectivity index (χ0) is 9.03. The minimum absolute atomic E-state index is 0.551. The number of hydrogen-bond acceptors (Lipinski definition) is 3. The van der Waals surface area contributed by atoms with Crippen LogP contribution in [0.5, 0.6) is 0 Å². The Hall–Kier alpha value is -0.540. The topological polar surface area (TPSA) is 41.5 Å². The van der Waals surface area contributed by atoms with Crippen molar-refractivity contribution in [2.24, 2.45) is 0 Å². The molecule has 1 heterocycles. The summed E-state index contributed by atoms with van der Waals surface area (Å²) < 4.78 is 5.29. The van der Waals surface area contributed by atoms with E-state index in [0.29, 0.717) is 18.9 Å². The average Bonchev–Trinajstić information content (AvgIpc) is 2.53. The van der Waals surface area contributed by atoms with E-state index in [1.54, 1.807) is 6.92 Å². The zero-order valence-electron chi connectivity index (χ0n) is 7.76. The van der Waals surface area contributed by atoms with E-state index in [-0.39, 0.29) is 0 Å². The third kappa shape index (κ3) is 2.22. The summed E-state index contributed by atoms with van der Waals surface area (Å²) in [5, 5.41) is 13.0. The van der Waals surface area contributed by atoms with Crippen LogP contribution in [0.15, 0.2) is 11.8 Å². The fourth-order valence-electron chi connectivity index (χ4n) is 1.25. The van der Waals surface area contributed by atoms with Crippen LogP contribution in [0.25, 0.3) is 0 Å². The summed E-state index contributed by atoms with van der Waals surface area (Å²) in [6.45, 7) is 5.91. The zero-order valence-corrected chi connectivity index (χ0v) is 7.76. The van der Waals surface area contributed by atoms with Gasteiger partial charge in [-0.3, -0.25) is 0 Å². The summed E-state index contributed by atoms with van der Waals surface area (Å²) >= 11 is 0. The van der Waals surface area contributed by atoms with Crippen molar-refractivity contribution < 1.29 is 9.84 Å². The third-order valence-electron chi connectivity index (χ3n) is 1.96. The summed E-state index contributed by atoms with van der Waals surface area (Å²) in [5.74, 6) is 0.712. The minimum atomic E-state index is -0.841. The maximum Gasteiger partial charge on any atom is 0.131 e. The van der Waals surface area contributed by atoms with Crippen LogP contribution < -0.4 is 5.32 Å². The van der Waals surface area contributed by atoms with Crippen molar-refractivity contribution >= 4 is 0 Å². The van der Waals surface area contributed by atoms with E-state index in [9.17, 15) is 5.11 Å². The number of likely N-dealkylation sites (N-methyl/N-ethyl adjacent to an activating group) is 1. The van der Waals surface area contributed by atoms with Gasteiger partial charge in [-0.25, -0.2) is 0 Å². The first-order chi connectivity index (χ1) is 5.67. The lowest BCUT2D eigenvalue weighted by Crippen LogP contribution is -2.39. The van der Waals surface area contributed by atoms with E-state index >= 15 is 0 Å². The van der Waals surface area contributed by atoms with Crippen LogP contribution >= 0.6 is 0 Å². The molecule has 0 aromatic heterocycles. The molecule has 3 heteroatoms. The molecule has 0 saturated carbocycles. The molecule has 3 nitrogen and oxygen atoms in total. The highest BCUT2D eigenvalue weighted by Crippen LogP contribution is 2.21. The fourth-order valence-corrected chi connectivity index (χ4v) is 1.25. The SMILES string of the molecule is CCNCC(C)(O)C1=CCCO1. The van der Waals surface area contributed by atoms with Gasteiger partial charge in [0.15, 0.2) is 0 Å². The molecule has 0 spiro atoms.